The van der Waals surface area contributed by atoms with Crippen molar-refractivity contribution < 1.29 is 4.79 Å². The van der Waals surface area contributed by atoms with Gasteiger partial charge in [0.25, 0.3) is 5.56 Å². The molecule has 1 amide bonds. The highest BCUT2D eigenvalue weighted by molar-refractivity contribution is 7.99. The summed E-state index contributed by atoms with van der Waals surface area (Å²) in [4.78, 5) is 39.1. The predicted molar refractivity (Wildman–Crippen MR) is 122 cm³/mol. The number of thioether (sulfide) groups is 1. The second kappa shape index (κ2) is 9.31. The van der Waals surface area contributed by atoms with Crippen LogP contribution in [0.2, 0.25) is 0 Å². The minimum atomic E-state index is -0.0581. The fourth-order valence-electron chi connectivity index (χ4n) is 3.75. The van der Waals surface area contributed by atoms with Crippen molar-refractivity contribution in [3.05, 3.63) is 50.9 Å². The molecule has 1 saturated heterocycles. The Hall–Kier alpha value is -2.19. The Bertz CT molecular complexity index is 1100. The van der Waals surface area contributed by atoms with Gasteiger partial charge in [-0.3, -0.25) is 19.1 Å². The molecular weight excluding hydrogens is 416 g/mol. The first-order valence-electron chi connectivity index (χ1n) is 10.4. The van der Waals surface area contributed by atoms with E-state index in [0.717, 1.165) is 46.9 Å². The minimum absolute atomic E-state index is 0.0581. The van der Waals surface area contributed by atoms with Crippen LogP contribution in [0.3, 0.4) is 0 Å². The van der Waals surface area contributed by atoms with Crippen LogP contribution in [0.25, 0.3) is 10.2 Å². The summed E-state index contributed by atoms with van der Waals surface area (Å²) in [6.07, 6.45) is 6.24. The minimum Gasteiger partial charge on any atom is -0.342 e. The molecule has 0 aromatic carbocycles. The third kappa shape index (κ3) is 4.44. The molecule has 0 N–H and O–H groups in total. The molecule has 4 rings (SSSR count). The molecule has 0 bridgehead atoms. The molecule has 0 saturated carbocycles. The van der Waals surface area contributed by atoms with Gasteiger partial charge in [-0.2, -0.15) is 0 Å². The maximum atomic E-state index is 13.4. The number of pyridine rings is 1. The third-order valence-corrected chi connectivity index (χ3v) is 7.65. The van der Waals surface area contributed by atoms with Crippen molar-refractivity contribution in [3.63, 3.8) is 0 Å². The van der Waals surface area contributed by atoms with E-state index in [1.165, 1.54) is 35.9 Å². The quantitative estimate of drug-likeness (QED) is 0.441. The van der Waals surface area contributed by atoms with Crippen molar-refractivity contribution in [2.24, 2.45) is 0 Å². The maximum Gasteiger partial charge on any atom is 0.263 e. The van der Waals surface area contributed by atoms with Crippen molar-refractivity contribution in [1.82, 2.24) is 19.4 Å². The molecular formula is C22H26N4O2S2. The first-order chi connectivity index (χ1) is 14.5. The van der Waals surface area contributed by atoms with E-state index in [0.29, 0.717) is 22.8 Å². The fourth-order valence-corrected chi connectivity index (χ4v) is 5.72. The number of thiophene rings is 1. The number of aromatic nitrogens is 3. The average molecular weight is 443 g/mol. The summed E-state index contributed by atoms with van der Waals surface area (Å²) in [5.74, 6) is 0.419. The van der Waals surface area contributed by atoms with E-state index >= 15 is 0 Å². The lowest BCUT2D eigenvalue weighted by atomic mass is 10.2. The van der Waals surface area contributed by atoms with Crippen molar-refractivity contribution in [2.75, 3.05) is 18.8 Å². The number of carbonyl (C=O) groups is 1. The largest absolute Gasteiger partial charge is 0.342 e. The van der Waals surface area contributed by atoms with Crippen LogP contribution >= 0.6 is 23.1 Å². The van der Waals surface area contributed by atoms with E-state index in [-0.39, 0.29) is 11.5 Å². The van der Waals surface area contributed by atoms with Gasteiger partial charge in [-0.25, -0.2) is 4.98 Å². The average Bonchev–Trinajstić information content (AvgIpc) is 2.93. The van der Waals surface area contributed by atoms with Gasteiger partial charge in [-0.15, -0.1) is 11.3 Å². The zero-order chi connectivity index (χ0) is 21.1. The molecule has 3 aromatic rings. The van der Waals surface area contributed by atoms with Gasteiger partial charge in [-0.05, 0) is 44.4 Å². The number of amides is 1. The summed E-state index contributed by atoms with van der Waals surface area (Å²) in [6, 6.07) is 5.67. The standard InChI is InChI=1S/C22H26N4O2S2/c1-15-16(2)30-20-19(15)21(28)26(13-17-9-5-6-10-23-17)22(24-20)29-14-18(27)25-11-7-3-4-8-12-25/h5-6,9-10H,3-4,7-8,11-14H2,1-2H3. The lowest BCUT2D eigenvalue weighted by Gasteiger charge is -2.20. The summed E-state index contributed by atoms with van der Waals surface area (Å²) in [6.45, 7) is 5.99. The van der Waals surface area contributed by atoms with Crippen LogP contribution < -0.4 is 5.56 Å². The van der Waals surface area contributed by atoms with Crippen LogP contribution in [0.5, 0.6) is 0 Å². The molecule has 1 aliphatic heterocycles. The molecule has 0 spiro atoms. The lowest BCUT2D eigenvalue weighted by Crippen LogP contribution is -2.33. The van der Waals surface area contributed by atoms with Crippen LogP contribution in [0.4, 0.5) is 0 Å². The number of nitrogens with zero attached hydrogens (tertiary/aromatic N) is 4. The molecule has 1 aliphatic rings. The second-order valence-electron chi connectivity index (χ2n) is 7.65. The van der Waals surface area contributed by atoms with Gasteiger partial charge in [0, 0.05) is 24.2 Å². The fraction of sp³-hybridized carbons (Fsp3) is 0.455. The molecule has 3 aromatic heterocycles. The number of fused-ring (bicyclic) bond motifs is 1. The molecule has 158 valence electrons. The molecule has 1 fully saturated rings. The first-order valence-corrected chi connectivity index (χ1v) is 12.2. The van der Waals surface area contributed by atoms with E-state index < -0.39 is 0 Å². The summed E-state index contributed by atoms with van der Waals surface area (Å²) >= 11 is 2.90. The van der Waals surface area contributed by atoms with Crippen LogP contribution in [0.1, 0.15) is 41.8 Å². The SMILES string of the molecule is Cc1sc2nc(SCC(=O)N3CCCCCC3)n(Cc3ccccn3)c(=O)c2c1C. The Morgan fingerprint density at radius 3 is 2.63 bits per heavy atom. The monoisotopic (exact) mass is 442 g/mol. The molecule has 6 nitrogen and oxygen atoms in total. The van der Waals surface area contributed by atoms with Gasteiger partial charge in [-0.1, -0.05) is 30.7 Å². The summed E-state index contributed by atoms with van der Waals surface area (Å²) < 4.78 is 1.67. The van der Waals surface area contributed by atoms with Crippen LogP contribution in [0, 0.1) is 13.8 Å². The van der Waals surface area contributed by atoms with Crippen molar-refractivity contribution in [1.29, 1.82) is 0 Å². The van der Waals surface area contributed by atoms with E-state index in [4.69, 9.17) is 4.98 Å². The number of carbonyl (C=O) groups excluding carboxylic acids is 1. The Morgan fingerprint density at radius 1 is 1.17 bits per heavy atom. The zero-order valence-corrected chi connectivity index (χ0v) is 19.0. The molecule has 8 heteroatoms. The van der Waals surface area contributed by atoms with Gasteiger partial charge in [0.15, 0.2) is 5.16 Å². The van der Waals surface area contributed by atoms with Gasteiger partial charge in [0.05, 0.1) is 23.4 Å². The Kier molecular flexibility index (Phi) is 6.53. The van der Waals surface area contributed by atoms with Crippen LogP contribution in [0.15, 0.2) is 34.3 Å². The Labute approximate surface area is 184 Å². The number of hydrogen-bond donors (Lipinski definition) is 0. The number of likely N-dealkylation sites (tertiary alicyclic amines) is 1. The summed E-state index contributed by atoms with van der Waals surface area (Å²) in [5.41, 5.74) is 1.72. The number of aryl methyl sites for hydroxylation is 2. The molecule has 0 radical (unpaired) electrons. The van der Waals surface area contributed by atoms with Crippen LogP contribution in [-0.4, -0.2) is 44.2 Å². The highest BCUT2D eigenvalue weighted by Gasteiger charge is 2.20. The first kappa shape index (κ1) is 21.1. The van der Waals surface area contributed by atoms with Crippen molar-refractivity contribution in [2.45, 2.75) is 51.2 Å². The van der Waals surface area contributed by atoms with E-state index in [1.54, 1.807) is 10.8 Å². The van der Waals surface area contributed by atoms with E-state index in [2.05, 4.69) is 4.98 Å². The van der Waals surface area contributed by atoms with Crippen LogP contribution in [-0.2, 0) is 11.3 Å². The van der Waals surface area contributed by atoms with Crippen molar-refractivity contribution in [3.8, 4) is 0 Å². The summed E-state index contributed by atoms with van der Waals surface area (Å²) in [7, 11) is 0. The molecule has 0 unspecified atom stereocenters. The predicted octanol–water partition coefficient (Wildman–Crippen LogP) is 4.01. The van der Waals surface area contributed by atoms with Crippen molar-refractivity contribution >= 4 is 39.2 Å². The Balaban J connectivity index is 1.65. The van der Waals surface area contributed by atoms with Gasteiger partial charge in [0.1, 0.15) is 4.83 Å². The molecule has 0 aliphatic carbocycles. The van der Waals surface area contributed by atoms with E-state index in [1.807, 2.05) is 36.9 Å². The highest BCUT2D eigenvalue weighted by atomic mass is 32.2. The highest BCUT2D eigenvalue weighted by Crippen LogP contribution is 2.28. The third-order valence-electron chi connectivity index (χ3n) is 5.58. The van der Waals surface area contributed by atoms with Gasteiger partial charge in [0.2, 0.25) is 5.91 Å². The van der Waals surface area contributed by atoms with Gasteiger partial charge < -0.3 is 4.90 Å². The van der Waals surface area contributed by atoms with Gasteiger partial charge >= 0.3 is 0 Å². The molecule has 4 heterocycles. The molecule has 0 atom stereocenters. The van der Waals surface area contributed by atoms with E-state index in [9.17, 15) is 9.59 Å². The summed E-state index contributed by atoms with van der Waals surface area (Å²) in [5, 5.41) is 1.26. The topological polar surface area (TPSA) is 68.1 Å². The number of hydrogen-bond acceptors (Lipinski definition) is 6. The second-order valence-corrected chi connectivity index (χ2v) is 9.80. The normalized spacial score (nSPS) is 14.8. The number of rotatable bonds is 5. The lowest BCUT2D eigenvalue weighted by molar-refractivity contribution is -0.128. The zero-order valence-electron chi connectivity index (χ0n) is 17.4. The smallest absolute Gasteiger partial charge is 0.263 e. The molecule has 30 heavy (non-hydrogen) atoms. The maximum absolute atomic E-state index is 13.4. The Morgan fingerprint density at radius 2 is 1.93 bits per heavy atom.